The van der Waals surface area contributed by atoms with Crippen LogP contribution in [0.25, 0.3) is 5.57 Å². The second-order valence-electron chi connectivity index (χ2n) is 10.7. The van der Waals surface area contributed by atoms with Crippen molar-refractivity contribution in [2.75, 3.05) is 23.7 Å². The lowest BCUT2D eigenvalue weighted by Crippen LogP contribution is -2.41. The van der Waals surface area contributed by atoms with Crippen LogP contribution in [-0.4, -0.2) is 55.6 Å². The number of amides is 2. The van der Waals surface area contributed by atoms with Gasteiger partial charge in [0.05, 0.1) is 34.3 Å². The van der Waals surface area contributed by atoms with Gasteiger partial charge in [-0.2, -0.15) is 0 Å². The van der Waals surface area contributed by atoms with E-state index < -0.39 is 9.84 Å². The van der Waals surface area contributed by atoms with Gasteiger partial charge in [-0.3, -0.25) is 9.89 Å². The Bertz CT molecular complexity index is 1470. The Balaban J connectivity index is 1.23. The number of benzene rings is 1. The SMILES string of the molecule is CCS(=O)(=O)c1ccc(CNC(=O)N2CC3(CCCC3)c3nc(C4=CN5CC=NC5C=C4C)ccc32)cc1. The fraction of sp³-hybridized carbons (Fsp3) is 0.414. The van der Waals surface area contributed by atoms with Gasteiger partial charge in [-0.05, 0) is 61.2 Å². The molecule has 1 saturated carbocycles. The first-order valence-corrected chi connectivity index (χ1v) is 15.0. The molecule has 0 radical (unpaired) electrons. The Hall–Kier alpha value is -3.46. The Morgan fingerprint density at radius 3 is 2.63 bits per heavy atom. The van der Waals surface area contributed by atoms with Crippen LogP contribution in [0.2, 0.25) is 0 Å². The number of hydrogen-bond donors (Lipinski definition) is 1. The van der Waals surface area contributed by atoms with Gasteiger partial charge in [0.15, 0.2) is 9.84 Å². The van der Waals surface area contributed by atoms with Crippen LogP contribution >= 0.6 is 0 Å². The summed E-state index contributed by atoms with van der Waals surface area (Å²) in [6.45, 7) is 5.51. The maximum Gasteiger partial charge on any atom is 0.322 e. The molecule has 198 valence electrons. The number of hydrogen-bond acceptors (Lipinski definition) is 6. The Labute approximate surface area is 224 Å². The van der Waals surface area contributed by atoms with E-state index in [4.69, 9.17) is 4.98 Å². The highest BCUT2D eigenvalue weighted by molar-refractivity contribution is 7.91. The summed E-state index contributed by atoms with van der Waals surface area (Å²) in [6.07, 6.45) is 10.7. The Kier molecular flexibility index (Phi) is 6.13. The topological polar surface area (TPSA) is 95.0 Å². The number of allylic oxidation sites excluding steroid dienone is 2. The second-order valence-corrected chi connectivity index (χ2v) is 13.0. The molecule has 1 aromatic heterocycles. The lowest BCUT2D eigenvalue weighted by atomic mass is 9.84. The molecule has 6 rings (SSSR count). The number of nitrogens with one attached hydrogen (secondary N) is 1. The zero-order valence-corrected chi connectivity index (χ0v) is 22.7. The van der Waals surface area contributed by atoms with Crippen LogP contribution < -0.4 is 10.2 Å². The largest absolute Gasteiger partial charge is 0.347 e. The minimum absolute atomic E-state index is 0.0648. The fourth-order valence-electron chi connectivity index (χ4n) is 6.11. The number of fused-ring (bicyclic) bond motifs is 3. The molecule has 1 spiro atoms. The predicted octanol–water partition coefficient (Wildman–Crippen LogP) is 4.43. The van der Waals surface area contributed by atoms with Gasteiger partial charge in [-0.1, -0.05) is 31.9 Å². The molecule has 3 aliphatic heterocycles. The molecule has 8 nitrogen and oxygen atoms in total. The van der Waals surface area contributed by atoms with Crippen molar-refractivity contribution in [1.82, 2.24) is 15.2 Å². The van der Waals surface area contributed by atoms with Gasteiger partial charge in [0.25, 0.3) is 0 Å². The van der Waals surface area contributed by atoms with E-state index in [2.05, 4.69) is 40.5 Å². The van der Waals surface area contributed by atoms with E-state index in [0.29, 0.717) is 18.0 Å². The third kappa shape index (κ3) is 4.22. The number of sulfone groups is 1. The maximum absolute atomic E-state index is 13.4. The first kappa shape index (κ1) is 24.9. The van der Waals surface area contributed by atoms with Crippen LogP contribution in [0.5, 0.6) is 0 Å². The van der Waals surface area contributed by atoms with Crippen LogP contribution in [0.4, 0.5) is 10.5 Å². The summed E-state index contributed by atoms with van der Waals surface area (Å²) in [7, 11) is -3.24. The van der Waals surface area contributed by atoms with Gasteiger partial charge in [-0.15, -0.1) is 0 Å². The molecule has 4 heterocycles. The summed E-state index contributed by atoms with van der Waals surface area (Å²) >= 11 is 0. The first-order chi connectivity index (χ1) is 18.3. The zero-order chi connectivity index (χ0) is 26.5. The van der Waals surface area contributed by atoms with Crippen LogP contribution in [0.3, 0.4) is 0 Å². The number of carbonyl (C=O) groups is 1. The number of aliphatic imine (C=N–C) groups is 1. The van der Waals surface area contributed by atoms with Crippen LogP contribution in [-0.2, 0) is 21.8 Å². The third-order valence-electron chi connectivity index (χ3n) is 8.33. The van der Waals surface area contributed by atoms with Crippen LogP contribution in [0.1, 0.15) is 56.5 Å². The van der Waals surface area contributed by atoms with E-state index in [9.17, 15) is 13.2 Å². The lowest BCUT2D eigenvalue weighted by Gasteiger charge is -2.27. The molecule has 4 aliphatic rings. The smallest absolute Gasteiger partial charge is 0.322 e. The monoisotopic (exact) mass is 531 g/mol. The number of urea groups is 1. The predicted molar refractivity (Wildman–Crippen MR) is 149 cm³/mol. The van der Waals surface area contributed by atoms with Crippen LogP contribution in [0.15, 0.2) is 64.1 Å². The highest BCUT2D eigenvalue weighted by atomic mass is 32.2. The number of nitrogens with zero attached hydrogens (tertiary/aromatic N) is 4. The van der Waals surface area contributed by atoms with E-state index in [0.717, 1.165) is 60.4 Å². The molecule has 2 aromatic rings. The number of pyridine rings is 1. The minimum Gasteiger partial charge on any atom is -0.347 e. The van der Waals surface area contributed by atoms with Crippen molar-refractivity contribution in [3.63, 3.8) is 0 Å². The summed E-state index contributed by atoms with van der Waals surface area (Å²) in [6, 6.07) is 10.7. The molecule has 1 aliphatic carbocycles. The summed E-state index contributed by atoms with van der Waals surface area (Å²) in [5.74, 6) is 0.0648. The molecule has 1 unspecified atom stereocenters. The Morgan fingerprint density at radius 1 is 1.13 bits per heavy atom. The molecule has 9 heteroatoms. The van der Waals surface area contributed by atoms with Gasteiger partial charge in [0, 0.05) is 36.5 Å². The first-order valence-electron chi connectivity index (χ1n) is 13.4. The standard InChI is InChI=1S/C29H33N5O3S/c1-3-38(36,37)22-8-6-21(7-9-22)17-31-28(35)34-19-29(12-4-5-13-29)27-25(34)11-10-24(32-27)23-18-33-15-14-30-26(33)16-20(23)2/h6-11,14,16,18,26H,3-5,12-13,15,17,19H2,1-2H3,(H,31,35). The lowest BCUT2D eigenvalue weighted by molar-refractivity contribution is 0.245. The fourth-order valence-corrected chi connectivity index (χ4v) is 7.00. The minimum atomic E-state index is -3.24. The van der Waals surface area contributed by atoms with E-state index in [1.807, 2.05) is 17.2 Å². The highest BCUT2D eigenvalue weighted by Gasteiger charge is 2.48. The van der Waals surface area contributed by atoms with Crippen molar-refractivity contribution >= 4 is 33.3 Å². The number of anilines is 1. The third-order valence-corrected chi connectivity index (χ3v) is 10.1. The van der Waals surface area contributed by atoms with E-state index in [1.54, 1.807) is 31.2 Å². The summed E-state index contributed by atoms with van der Waals surface area (Å²) in [5.41, 5.74) is 5.89. The summed E-state index contributed by atoms with van der Waals surface area (Å²) < 4.78 is 24.2. The average molecular weight is 532 g/mol. The van der Waals surface area contributed by atoms with Gasteiger partial charge >= 0.3 is 6.03 Å². The quantitative estimate of drug-likeness (QED) is 0.616. The number of carbonyl (C=O) groups excluding carboxylic acids is 1. The van der Waals surface area contributed by atoms with Crippen molar-refractivity contribution in [1.29, 1.82) is 0 Å². The molecular formula is C29H33N5O3S. The zero-order valence-electron chi connectivity index (χ0n) is 21.9. The van der Waals surface area contributed by atoms with E-state index in [1.165, 1.54) is 5.57 Å². The molecule has 0 bridgehead atoms. The van der Waals surface area contributed by atoms with Crippen LogP contribution in [0, 0.1) is 0 Å². The number of rotatable bonds is 5. The van der Waals surface area contributed by atoms with Crippen molar-refractivity contribution in [2.24, 2.45) is 4.99 Å². The van der Waals surface area contributed by atoms with Gasteiger partial charge < -0.3 is 10.2 Å². The van der Waals surface area contributed by atoms with Gasteiger partial charge in [0.1, 0.15) is 6.17 Å². The molecule has 1 atom stereocenters. The summed E-state index contributed by atoms with van der Waals surface area (Å²) in [4.78, 5) is 27.5. The van der Waals surface area contributed by atoms with E-state index in [-0.39, 0.29) is 23.4 Å². The average Bonchev–Trinajstić information content (AvgIpc) is 3.66. The maximum atomic E-state index is 13.4. The highest BCUT2D eigenvalue weighted by Crippen LogP contribution is 2.50. The van der Waals surface area contributed by atoms with Crippen molar-refractivity contribution in [2.45, 2.75) is 62.6 Å². The molecular weight excluding hydrogens is 498 g/mol. The molecule has 1 aromatic carbocycles. The van der Waals surface area contributed by atoms with Crippen molar-refractivity contribution < 1.29 is 13.2 Å². The van der Waals surface area contributed by atoms with E-state index >= 15 is 0 Å². The van der Waals surface area contributed by atoms with Gasteiger partial charge in [0.2, 0.25) is 0 Å². The van der Waals surface area contributed by atoms with Crippen molar-refractivity contribution in [3.05, 3.63) is 71.2 Å². The number of aromatic nitrogens is 1. The van der Waals surface area contributed by atoms with Crippen molar-refractivity contribution in [3.8, 4) is 0 Å². The molecule has 1 fully saturated rings. The summed E-state index contributed by atoms with van der Waals surface area (Å²) in [5, 5.41) is 3.04. The normalized spacial score (nSPS) is 21.4. The molecule has 0 saturated heterocycles. The molecule has 1 N–H and O–H groups in total. The van der Waals surface area contributed by atoms with Gasteiger partial charge in [-0.25, -0.2) is 18.2 Å². The second kappa shape index (κ2) is 9.38. The molecule has 2 amide bonds. The Morgan fingerprint density at radius 2 is 1.89 bits per heavy atom. The molecule has 38 heavy (non-hydrogen) atoms.